The van der Waals surface area contributed by atoms with Crippen LogP contribution in [0, 0.1) is 0 Å². The molecular formula is C21H21Cl2F3N6O2S. The van der Waals surface area contributed by atoms with Gasteiger partial charge < -0.3 is 14.6 Å². The van der Waals surface area contributed by atoms with Gasteiger partial charge in [-0.3, -0.25) is 10.2 Å². The van der Waals surface area contributed by atoms with E-state index >= 15 is 0 Å². The molecule has 14 heteroatoms. The molecule has 0 unspecified atom stereocenters. The Labute approximate surface area is 214 Å². The summed E-state index contributed by atoms with van der Waals surface area (Å²) in [4.78, 5) is 21.5. The van der Waals surface area contributed by atoms with Crippen LogP contribution in [-0.2, 0) is 7.05 Å². The van der Waals surface area contributed by atoms with E-state index in [0.717, 1.165) is 31.4 Å². The fourth-order valence-electron chi connectivity index (χ4n) is 3.74. The Morgan fingerprint density at radius 1 is 1.06 bits per heavy atom. The second-order valence-corrected chi connectivity index (χ2v) is 8.69. The molecule has 2 aromatic carbocycles. The van der Waals surface area contributed by atoms with Crippen molar-refractivity contribution in [1.82, 2.24) is 25.0 Å². The van der Waals surface area contributed by atoms with E-state index in [-0.39, 0.29) is 36.5 Å². The van der Waals surface area contributed by atoms with E-state index in [1.165, 1.54) is 29.5 Å². The molecule has 0 aliphatic carbocycles. The van der Waals surface area contributed by atoms with Crippen molar-refractivity contribution in [2.45, 2.75) is 19.2 Å². The molecule has 2 N–H and O–H groups in total. The van der Waals surface area contributed by atoms with Crippen molar-refractivity contribution in [3.8, 4) is 5.75 Å². The summed E-state index contributed by atoms with van der Waals surface area (Å²) in [5, 5.41) is 5.50. The first kappa shape index (κ1) is 26.8. The number of fused-ring (bicyclic) bond motifs is 2. The number of ether oxygens (including phenoxy) is 1. The number of nitrogens with zero attached hydrogens (tertiary/aromatic N) is 4. The summed E-state index contributed by atoms with van der Waals surface area (Å²) in [5.41, 5.74) is 5.41. The van der Waals surface area contributed by atoms with Crippen molar-refractivity contribution in [1.29, 1.82) is 0 Å². The Balaban J connectivity index is 0.00000171. The lowest BCUT2D eigenvalue weighted by atomic mass is 10.2. The Kier molecular flexibility index (Phi) is 8.00. The number of benzene rings is 2. The molecule has 0 saturated carbocycles. The highest BCUT2D eigenvalue weighted by molar-refractivity contribution is 7.22. The van der Waals surface area contributed by atoms with E-state index in [2.05, 4.69) is 25.4 Å². The molecule has 1 aliphatic heterocycles. The van der Waals surface area contributed by atoms with Crippen molar-refractivity contribution >= 4 is 74.4 Å². The number of aromatic nitrogens is 3. The van der Waals surface area contributed by atoms with Gasteiger partial charge in [-0.15, -0.1) is 38.0 Å². The second-order valence-electron chi connectivity index (χ2n) is 7.65. The monoisotopic (exact) mass is 548 g/mol. The van der Waals surface area contributed by atoms with Crippen molar-refractivity contribution in [3.63, 3.8) is 0 Å². The lowest BCUT2D eigenvalue weighted by Gasteiger charge is -2.16. The third-order valence-electron chi connectivity index (χ3n) is 5.32. The van der Waals surface area contributed by atoms with Crippen LogP contribution < -0.4 is 15.5 Å². The van der Waals surface area contributed by atoms with Gasteiger partial charge in [-0.2, -0.15) is 0 Å². The van der Waals surface area contributed by atoms with Crippen LogP contribution in [0.2, 0.25) is 0 Å². The van der Waals surface area contributed by atoms with Crippen LogP contribution >= 0.6 is 36.2 Å². The van der Waals surface area contributed by atoms with Crippen LogP contribution in [0.4, 0.5) is 24.3 Å². The van der Waals surface area contributed by atoms with Crippen LogP contribution in [0.1, 0.15) is 23.2 Å². The van der Waals surface area contributed by atoms with E-state index in [9.17, 15) is 18.0 Å². The Bertz CT molecular complexity index is 1350. The third-order valence-corrected chi connectivity index (χ3v) is 6.25. The van der Waals surface area contributed by atoms with Gasteiger partial charge >= 0.3 is 6.36 Å². The Morgan fingerprint density at radius 3 is 2.51 bits per heavy atom. The minimum atomic E-state index is -4.75. The number of carbonyl (C=O) groups excluding carboxylic acids is 1. The smallest absolute Gasteiger partial charge is 0.406 e. The number of thiazole rings is 1. The van der Waals surface area contributed by atoms with Gasteiger partial charge in [0.2, 0.25) is 5.95 Å². The fourth-order valence-corrected chi connectivity index (χ4v) is 4.63. The van der Waals surface area contributed by atoms with E-state index in [1.807, 2.05) is 22.7 Å². The van der Waals surface area contributed by atoms with Crippen molar-refractivity contribution < 1.29 is 22.7 Å². The lowest BCUT2D eigenvalue weighted by Crippen LogP contribution is -2.39. The standard InChI is InChI=1S/C21H19F3N6O2S.2ClH/c1-29-16-7-4-12(18(31)28-30-8-2-3-9-30)10-15(16)25-19(29)27-20-26-14-6-5-13(11-17(14)33-20)32-21(22,23)24;;/h4-7,10-11H,2-3,8-9H2,1H3,(H,28,31)(H,25,26,27);2*1H. The summed E-state index contributed by atoms with van der Waals surface area (Å²) in [6, 6.07) is 9.29. The maximum atomic E-state index is 12.5. The van der Waals surface area contributed by atoms with Gasteiger partial charge in [0, 0.05) is 31.8 Å². The molecule has 35 heavy (non-hydrogen) atoms. The number of rotatable bonds is 5. The van der Waals surface area contributed by atoms with Crippen LogP contribution in [0.3, 0.4) is 0 Å². The van der Waals surface area contributed by atoms with Crippen LogP contribution in [0.25, 0.3) is 21.3 Å². The first-order valence-electron chi connectivity index (χ1n) is 10.2. The number of hydrogen-bond acceptors (Lipinski definition) is 7. The van der Waals surface area contributed by atoms with Gasteiger partial charge in [0.05, 0.1) is 21.3 Å². The SMILES string of the molecule is Cl.Cl.Cn1c(Nc2nc3ccc(OC(F)(F)F)cc3s2)nc2cc(C(=O)NN3CCCC3)ccc21. The van der Waals surface area contributed by atoms with Gasteiger partial charge in [-0.25, -0.2) is 15.0 Å². The molecule has 1 aliphatic rings. The number of halogens is 5. The molecule has 3 heterocycles. The molecule has 188 valence electrons. The molecule has 8 nitrogen and oxygen atoms in total. The number of anilines is 2. The number of nitrogens with one attached hydrogen (secondary N) is 2. The largest absolute Gasteiger partial charge is 0.573 e. The highest BCUT2D eigenvalue weighted by Crippen LogP contribution is 2.33. The maximum Gasteiger partial charge on any atom is 0.573 e. The molecule has 1 saturated heterocycles. The average Bonchev–Trinajstić information content (AvgIpc) is 3.46. The first-order valence-corrected chi connectivity index (χ1v) is 11.0. The van der Waals surface area contributed by atoms with Crippen LogP contribution in [0.5, 0.6) is 5.75 Å². The second kappa shape index (κ2) is 10.4. The van der Waals surface area contributed by atoms with Crippen LogP contribution in [0.15, 0.2) is 36.4 Å². The van der Waals surface area contributed by atoms with Crippen LogP contribution in [-0.4, -0.2) is 44.9 Å². The summed E-state index contributed by atoms with van der Waals surface area (Å²) in [5.74, 6) is 0.0163. The predicted molar refractivity (Wildman–Crippen MR) is 133 cm³/mol. The summed E-state index contributed by atoms with van der Waals surface area (Å²) in [7, 11) is 1.82. The molecule has 1 fully saturated rings. The van der Waals surface area contributed by atoms with Gasteiger partial charge in [-0.05, 0) is 43.2 Å². The molecule has 0 atom stereocenters. The van der Waals surface area contributed by atoms with Gasteiger partial charge in [0.15, 0.2) is 5.13 Å². The lowest BCUT2D eigenvalue weighted by molar-refractivity contribution is -0.274. The number of carbonyl (C=O) groups is 1. The van der Waals surface area contributed by atoms with E-state index in [0.29, 0.717) is 32.4 Å². The van der Waals surface area contributed by atoms with Gasteiger partial charge in [0.1, 0.15) is 5.75 Å². The zero-order valence-electron chi connectivity index (χ0n) is 18.3. The summed E-state index contributed by atoms with van der Waals surface area (Å²) < 4.78 is 43.8. The number of hydrogen-bond donors (Lipinski definition) is 2. The quantitative estimate of drug-likeness (QED) is 0.347. The molecule has 4 aromatic rings. The first-order chi connectivity index (χ1) is 15.7. The van der Waals surface area contributed by atoms with Gasteiger partial charge in [-0.1, -0.05) is 11.3 Å². The summed E-state index contributed by atoms with van der Waals surface area (Å²) in [6.45, 7) is 1.69. The minimum Gasteiger partial charge on any atom is -0.406 e. The molecule has 5 rings (SSSR count). The zero-order valence-corrected chi connectivity index (χ0v) is 20.7. The molecule has 2 aromatic heterocycles. The fraction of sp³-hybridized carbons (Fsp3) is 0.286. The van der Waals surface area contributed by atoms with Gasteiger partial charge in [0.25, 0.3) is 5.91 Å². The Morgan fingerprint density at radius 2 is 1.80 bits per heavy atom. The number of hydrazine groups is 1. The summed E-state index contributed by atoms with van der Waals surface area (Å²) >= 11 is 1.18. The molecule has 0 radical (unpaired) electrons. The van der Waals surface area contributed by atoms with Crippen molar-refractivity contribution in [2.75, 3.05) is 18.4 Å². The normalized spacial score (nSPS) is 13.9. The average molecular weight is 549 g/mol. The predicted octanol–water partition coefficient (Wildman–Crippen LogP) is 5.41. The third kappa shape index (κ3) is 5.89. The summed E-state index contributed by atoms with van der Waals surface area (Å²) in [6.07, 6.45) is -2.62. The van der Waals surface area contributed by atoms with Crippen molar-refractivity contribution in [3.05, 3.63) is 42.0 Å². The zero-order chi connectivity index (χ0) is 23.2. The number of aryl methyl sites for hydroxylation is 1. The molecule has 0 bridgehead atoms. The molecule has 1 amide bonds. The van der Waals surface area contributed by atoms with Crippen molar-refractivity contribution in [2.24, 2.45) is 7.05 Å². The Hall–Kier alpha value is -2.80. The van der Waals surface area contributed by atoms with E-state index < -0.39 is 6.36 Å². The molecular weight excluding hydrogens is 528 g/mol. The topological polar surface area (TPSA) is 84.3 Å². The number of amides is 1. The highest BCUT2D eigenvalue weighted by Gasteiger charge is 2.31. The minimum absolute atomic E-state index is 0. The van der Waals surface area contributed by atoms with E-state index in [4.69, 9.17) is 0 Å². The number of alkyl halides is 3. The van der Waals surface area contributed by atoms with E-state index in [1.54, 1.807) is 12.1 Å². The molecule has 0 spiro atoms. The maximum absolute atomic E-state index is 12.5. The highest BCUT2D eigenvalue weighted by atomic mass is 35.5. The number of imidazole rings is 1.